The van der Waals surface area contributed by atoms with Gasteiger partial charge in [0.1, 0.15) is 0 Å². The predicted octanol–water partition coefficient (Wildman–Crippen LogP) is 16.6. The molecule has 2 aliphatic carbocycles. The van der Waals surface area contributed by atoms with Crippen LogP contribution in [-0.2, 0) is 10.8 Å². The van der Waals surface area contributed by atoms with E-state index in [1.54, 1.807) is 0 Å². The number of anilines is 3. The van der Waals surface area contributed by atoms with E-state index in [4.69, 9.17) is 0 Å². The molecule has 0 saturated carbocycles. The summed E-state index contributed by atoms with van der Waals surface area (Å²) in [5.74, 6) is 0. The van der Waals surface area contributed by atoms with Crippen LogP contribution >= 0.6 is 0 Å². The van der Waals surface area contributed by atoms with E-state index >= 15 is 0 Å². The van der Waals surface area contributed by atoms with E-state index < -0.39 is 0 Å². The van der Waals surface area contributed by atoms with Gasteiger partial charge in [0.2, 0.25) is 0 Å². The Kier molecular flexibility index (Phi) is 7.69. The highest BCUT2D eigenvalue weighted by Crippen LogP contribution is 2.55. The van der Waals surface area contributed by atoms with Crippen LogP contribution in [0.25, 0.3) is 76.8 Å². The summed E-state index contributed by atoms with van der Waals surface area (Å²) in [5, 5.41) is 7.58. The average molecular weight is 780 g/mol. The van der Waals surface area contributed by atoms with Crippen molar-refractivity contribution >= 4 is 49.4 Å². The minimum Gasteiger partial charge on any atom is -0.310 e. The molecule has 0 heterocycles. The number of hydrogen-bond donors (Lipinski definition) is 0. The van der Waals surface area contributed by atoms with Crippen LogP contribution in [0.15, 0.2) is 200 Å². The van der Waals surface area contributed by atoms with Gasteiger partial charge in [0.05, 0.1) is 5.69 Å². The maximum Gasteiger partial charge on any atom is 0.0540 e. The molecule has 0 N–H and O–H groups in total. The second-order valence-corrected chi connectivity index (χ2v) is 18.1. The molecule has 0 atom stereocenters. The highest BCUT2D eigenvalue weighted by atomic mass is 15.1. The first-order valence-corrected chi connectivity index (χ1v) is 21.6. The van der Waals surface area contributed by atoms with Crippen LogP contribution in [0.2, 0.25) is 0 Å². The molecule has 0 amide bonds. The number of hydrogen-bond acceptors (Lipinski definition) is 1. The third-order valence-electron chi connectivity index (χ3n) is 14.0. The summed E-state index contributed by atoms with van der Waals surface area (Å²) < 4.78 is 0. The molecule has 0 saturated heterocycles. The maximum atomic E-state index is 2.50. The smallest absolute Gasteiger partial charge is 0.0540 e. The summed E-state index contributed by atoms with van der Waals surface area (Å²) in [5.41, 5.74) is 18.9. The van der Waals surface area contributed by atoms with Crippen molar-refractivity contribution in [3.8, 4) is 44.5 Å². The molecule has 0 fully saturated rings. The van der Waals surface area contributed by atoms with E-state index in [0.717, 1.165) is 11.4 Å². The van der Waals surface area contributed by atoms with Gasteiger partial charge in [-0.1, -0.05) is 185 Å². The fourth-order valence-corrected chi connectivity index (χ4v) is 10.8. The van der Waals surface area contributed by atoms with Gasteiger partial charge in [-0.15, -0.1) is 0 Å². The van der Waals surface area contributed by atoms with Crippen LogP contribution in [0.4, 0.5) is 17.1 Å². The lowest BCUT2D eigenvalue weighted by molar-refractivity contribution is 0.660. The van der Waals surface area contributed by atoms with Crippen molar-refractivity contribution < 1.29 is 0 Å². The number of rotatable bonds is 5. The Hall–Kier alpha value is -7.22. The summed E-state index contributed by atoms with van der Waals surface area (Å²) in [7, 11) is 0. The van der Waals surface area contributed by atoms with Gasteiger partial charge in [-0.3, -0.25) is 0 Å². The normalized spacial score (nSPS) is 14.2. The summed E-state index contributed by atoms with van der Waals surface area (Å²) >= 11 is 0. The molecule has 2 aliphatic rings. The lowest BCUT2D eigenvalue weighted by atomic mass is 9.81. The SMILES string of the molecule is CC1(C)c2cc(-c3cccc4ccccc34)ccc2-c2ccc(N(c3ccc4c(c3)C(C)(C)c3cc(-c5cccc6ccccc56)ccc3-4)c3cccc4ccccc34)cc21. The lowest BCUT2D eigenvalue weighted by Gasteiger charge is -2.30. The van der Waals surface area contributed by atoms with Gasteiger partial charge >= 0.3 is 0 Å². The largest absolute Gasteiger partial charge is 0.310 e. The highest BCUT2D eigenvalue weighted by Gasteiger charge is 2.38. The Balaban J connectivity index is 0.988. The van der Waals surface area contributed by atoms with Crippen molar-refractivity contribution in [2.24, 2.45) is 0 Å². The lowest BCUT2D eigenvalue weighted by Crippen LogP contribution is -2.18. The van der Waals surface area contributed by atoms with Gasteiger partial charge < -0.3 is 4.90 Å². The first-order valence-electron chi connectivity index (χ1n) is 21.6. The van der Waals surface area contributed by atoms with Gasteiger partial charge in [0, 0.05) is 27.6 Å². The molecule has 0 bridgehead atoms. The summed E-state index contributed by atoms with van der Waals surface area (Å²) in [4.78, 5) is 2.50. The minimum atomic E-state index is -0.199. The van der Waals surface area contributed by atoms with Gasteiger partial charge in [-0.2, -0.15) is 0 Å². The van der Waals surface area contributed by atoms with Gasteiger partial charge in [-0.25, -0.2) is 0 Å². The molecule has 0 spiro atoms. The molecule has 0 aromatic heterocycles. The fourth-order valence-electron chi connectivity index (χ4n) is 10.8. The minimum absolute atomic E-state index is 0.199. The van der Waals surface area contributed by atoms with Crippen LogP contribution < -0.4 is 4.90 Å². The summed E-state index contributed by atoms with van der Waals surface area (Å²) in [6.45, 7) is 9.60. The summed E-state index contributed by atoms with van der Waals surface area (Å²) in [6.07, 6.45) is 0. The fraction of sp³-hybridized carbons (Fsp3) is 0.100. The predicted molar refractivity (Wildman–Crippen MR) is 260 cm³/mol. The Bertz CT molecular complexity index is 3230. The molecule has 1 heteroatoms. The van der Waals surface area contributed by atoms with E-state index in [9.17, 15) is 0 Å². The Morgan fingerprint density at radius 3 is 1.13 bits per heavy atom. The second-order valence-electron chi connectivity index (χ2n) is 18.1. The molecule has 10 aromatic rings. The van der Waals surface area contributed by atoms with Crippen molar-refractivity contribution in [1.29, 1.82) is 0 Å². The van der Waals surface area contributed by atoms with Crippen molar-refractivity contribution in [2.75, 3.05) is 4.90 Å². The molecule has 290 valence electrons. The van der Waals surface area contributed by atoms with Crippen LogP contribution in [0.5, 0.6) is 0 Å². The van der Waals surface area contributed by atoms with Gasteiger partial charge in [-0.05, 0) is 136 Å². The topological polar surface area (TPSA) is 3.24 Å². The zero-order valence-electron chi connectivity index (χ0n) is 35.0. The molecule has 61 heavy (non-hydrogen) atoms. The van der Waals surface area contributed by atoms with E-state index in [1.165, 1.54) is 105 Å². The zero-order valence-corrected chi connectivity index (χ0v) is 35.0. The first-order chi connectivity index (χ1) is 29.8. The Labute approximate surface area is 358 Å². The average Bonchev–Trinajstić information content (AvgIpc) is 3.66. The summed E-state index contributed by atoms with van der Waals surface area (Å²) in [6, 6.07) is 74.9. The first kappa shape index (κ1) is 35.7. The molecular formula is C60H45N. The van der Waals surface area contributed by atoms with Gasteiger partial charge in [0.15, 0.2) is 0 Å². The second kappa shape index (κ2) is 13.1. The van der Waals surface area contributed by atoms with E-state index in [2.05, 4.69) is 233 Å². The molecule has 0 radical (unpaired) electrons. The van der Waals surface area contributed by atoms with E-state index in [0.29, 0.717) is 0 Å². The Morgan fingerprint density at radius 2 is 0.656 bits per heavy atom. The van der Waals surface area contributed by atoms with Crippen molar-refractivity contribution in [3.63, 3.8) is 0 Å². The van der Waals surface area contributed by atoms with Crippen molar-refractivity contribution in [2.45, 2.75) is 38.5 Å². The van der Waals surface area contributed by atoms with Crippen molar-refractivity contribution in [3.05, 3.63) is 222 Å². The standard InChI is InChI=1S/C60H45N/c1-59(2)54-34-41(47-23-11-17-38-14-5-8-20-45(38)47)26-30-50(54)52-32-28-43(36-56(52)59)61(58-25-13-19-40-16-7-10-22-49(40)58)44-29-33-53-51-31-27-42(35-55(51)60(3,4)57(53)37-44)48-24-12-18-39-15-6-9-21-46(39)48/h5-37H,1-4H3. The van der Waals surface area contributed by atoms with Crippen molar-refractivity contribution in [1.82, 2.24) is 0 Å². The Morgan fingerprint density at radius 1 is 0.295 bits per heavy atom. The van der Waals surface area contributed by atoms with Crippen LogP contribution in [0, 0.1) is 0 Å². The molecule has 12 rings (SSSR count). The molecule has 0 aliphatic heterocycles. The number of fused-ring (bicyclic) bond motifs is 9. The number of nitrogens with zero attached hydrogens (tertiary/aromatic N) is 1. The monoisotopic (exact) mass is 779 g/mol. The highest BCUT2D eigenvalue weighted by molar-refractivity contribution is 6.02. The van der Waals surface area contributed by atoms with Crippen LogP contribution in [-0.4, -0.2) is 0 Å². The van der Waals surface area contributed by atoms with E-state index in [-0.39, 0.29) is 10.8 Å². The third kappa shape index (κ3) is 5.33. The molecule has 0 unspecified atom stereocenters. The van der Waals surface area contributed by atoms with Crippen LogP contribution in [0.1, 0.15) is 49.9 Å². The third-order valence-corrected chi connectivity index (χ3v) is 14.0. The van der Waals surface area contributed by atoms with E-state index in [1.807, 2.05) is 0 Å². The maximum absolute atomic E-state index is 2.50. The number of benzene rings is 10. The quantitative estimate of drug-likeness (QED) is 0.168. The molecule has 10 aromatic carbocycles. The molecular weight excluding hydrogens is 735 g/mol. The van der Waals surface area contributed by atoms with Crippen LogP contribution in [0.3, 0.4) is 0 Å². The zero-order chi connectivity index (χ0) is 41.0. The van der Waals surface area contributed by atoms with Gasteiger partial charge in [0.25, 0.3) is 0 Å². The molecule has 1 nitrogen and oxygen atoms in total.